The number of hydrogen-bond acceptors (Lipinski definition) is 6. The van der Waals surface area contributed by atoms with Crippen molar-refractivity contribution in [1.82, 2.24) is 20.1 Å². The predicted octanol–water partition coefficient (Wildman–Crippen LogP) is 3.05. The van der Waals surface area contributed by atoms with Gasteiger partial charge in [0.15, 0.2) is 5.82 Å². The van der Waals surface area contributed by atoms with Gasteiger partial charge in [-0.1, -0.05) is 15.9 Å². The summed E-state index contributed by atoms with van der Waals surface area (Å²) in [6, 6.07) is 6.05. The fourth-order valence-electron chi connectivity index (χ4n) is 1.94. The standard InChI is InChI=1S/C15H21BrN6/c1-11-9-12(16)5-6-13(11)19-14-10-18-21-15(20-14)17-7-4-8-22(2)3/h5-6,9-10H,4,7-8H2,1-3H3,(H2,17,19,20,21). The molecule has 0 saturated carbocycles. The minimum absolute atomic E-state index is 0.540. The van der Waals surface area contributed by atoms with Gasteiger partial charge >= 0.3 is 0 Å². The Morgan fingerprint density at radius 3 is 2.82 bits per heavy atom. The maximum absolute atomic E-state index is 4.43. The van der Waals surface area contributed by atoms with Crippen molar-refractivity contribution in [2.45, 2.75) is 13.3 Å². The quantitative estimate of drug-likeness (QED) is 0.736. The summed E-state index contributed by atoms with van der Waals surface area (Å²) < 4.78 is 1.06. The van der Waals surface area contributed by atoms with E-state index in [2.05, 4.69) is 66.8 Å². The lowest BCUT2D eigenvalue weighted by Crippen LogP contribution is -2.17. The lowest BCUT2D eigenvalue weighted by atomic mass is 10.2. The van der Waals surface area contributed by atoms with E-state index in [0.29, 0.717) is 11.8 Å². The molecule has 0 aliphatic carbocycles. The lowest BCUT2D eigenvalue weighted by Gasteiger charge is -2.11. The molecule has 0 atom stereocenters. The maximum atomic E-state index is 4.43. The highest BCUT2D eigenvalue weighted by Crippen LogP contribution is 2.22. The highest BCUT2D eigenvalue weighted by molar-refractivity contribution is 9.10. The monoisotopic (exact) mass is 364 g/mol. The zero-order valence-electron chi connectivity index (χ0n) is 13.1. The van der Waals surface area contributed by atoms with Crippen LogP contribution in [-0.4, -0.2) is 47.3 Å². The van der Waals surface area contributed by atoms with Crippen LogP contribution in [0.2, 0.25) is 0 Å². The fourth-order valence-corrected chi connectivity index (χ4v) is 2.42. The lowest BCUT2D eigenvalue weighted by molar-refractivity contribution is 0.405. The number of aryl methyl sites for hydroxylation is 1. The second-order valence-electron chi connectivity index (χ2n) is 5.33. The molecular formula is C15H21BrN6. The number of hydrogen-bond donors (Lipinski definition) is 2. The van der Waals surface area contributed by atoms with Crippen molar-refractivity contribution in [2.75, 3.05) is 37.8 Å². The van der Waals surface area contributed by atoms with E-state index >= 15 is 0 Å². The fraction of sp³-hybridized carbons (Fsp3) is 0.400. The van der Waals surface area contributed by atoms with Crippen molar-refractivity contribution < 1.29 is 0 Å². The second-order valence-corrected chi connectivity index (χ2v) is 6.25. The van der Waals surface area contributed by atoms with Gasteiger partial charge in [-0.25, -0.2) is 0 Å². The van der Waals surface area contributed by atoms with Crippen molar-refractivity contribution in [3.8, 4) is 0 Å². The molecule has 2 N–H and O–H groups in total. The van der Waals surface area contributed by atoms with Crippen LogP contribution < -0.4 is 10.6 Å². The number of rotatable bonds is 7. The first-order chi connectivity index (χ1) is 10.5. The van der Waals surface area contributed by atoms with E-state index in [1.165, 1.54) is 0 Å². The molecule has 118 valence electrons. The van der Waals surface area contributed by atoms with Gasteiger partial charge in [-0.15, -0.1) is 5.10 Å². The average molecular weight is 365 g/mol. The summed E-state index contributed by atoms with van der Waals surface area (Å²) in [5.41, 5.74) is 2.13. The van der Waals surface area contributed by atoms with Gasteiger partial charge in [0.1, 0.15) is 0 Å². The molecule has 0 amide bonds. The van der Waals surface area contributed by atoms with Gasteiger partial charge in [0.25, 0.3) is 0 Å². The van der Waals surface area contributed by atoms with Crippen LogP contribution in [-0.2, 0) is 0 Å². The van der Waals surface area contributed by atoms with Crippen LogP contribution in [0.1, 0.15) is 12.0 Å². The summed E-state index contributed by atoms with van der Waals surface area (Å²) in [6.45, 7) is 3.89. The zero-order chi connectivity index (χ0) is 15.9. The molecule has 0 aliphatic heterocycles. The van der Waals surface area contributed by atoms with Crippen LogP contribution in [0.5, 0.6) is 0 Å². The summed E-state index contributed by atoms with van der Waals surface area (Å²) >= 11 is 3.46. The Morgan fingerprint density at radius 2 is 2.09 bits per heavy atom. The van der Waals surface area contributed by atoms with E-state index < -0.39 is 0 Å². The summed E-state index contributed by atoms with van der Waals surface area (Å²) in [6.07, 6.45) is 2.65. The number of nitrogens with one attached hydrogen (secondary N) is 2. The predicted molar refractivity (Wildman–Crippen MR) is 93.6 cm³/mol. The van der Waals surface area contributed by atoms with Crippen molar-refractivity contribution in [2.24, 2.45) is 0 Å². The van der Waals surface area contributed by atoms with Gasteiger partial charge in [0, 0.05) is 16.7 Å². The molecule has 6 nitrogen and oxygen atoms in total. The molecule has 0 unspecified atom stereocenters. The molecule has 0 radical (unpaired) electrons. The first kappa shape index (κ1) is 16.6. The number of aromatic nitrogens is 3. The van der Waals surface area contributed by atoms with E-state index in [4.69, 9.17) is 0 Å². The molecule has 1 aromatic carbocycles. The maximum Gasteiger partial charge on any atom is 0.244 e. The largest absolute Gasteiger partial charge is 0.353 e. The van der Waals surface area contributed by atoms with Crippen molar-refractivity contribution >= 4 is 33.4 Å². The minimum Gasteiger partial charge on any atom is -0.353 e. The molecule has 2 aromatic rings. The molecule has 0 fully saturated rings. The first-order valence-corrected chi connectivity index (χ1v) is 7.95. The average Bonchev–Trinajstić information content (AvgIpc) is 2.47. The molecule has 22 heavy (non-hydrogen) atoms. The van der Waals surface area contributed by atoms with Gasteiger partial charge in [-0.05, 0) is 57.7 Å². The Balaban J connectivity index is 1.96. The Bertz CT molecular complexity index is 617. The number of benzene rings is 1. The molecule has 0 bridgehead atoms. The zero-order valence-corrected chi connectivity index (χ0v) is 14.7. The summed E-state index contributed by atoms with van der Waals surface area (Å²) in [7, 11) is 4.12. The number of halogens is 1. The van der Waals surface area contributed by atoms with Gasteiger partial charge < -0.3 is 15.5 Å². The Kier molecular flexibility index (Phi) is 6.09. The van der Waals surface area contributed by atoms with Crippen LogP contribution in [0.25, 0.3) is 0 Å². The second kappa shape index (κ2) is 8.05. The van der Waals surface area contributed by atoms with Crippen LogP contribution in [0, 0.1) is 6.92 Å². The summed E-state index contributed by atoms with van der Waals surface area (Å²) in [5, 5.41) is 14.4. The van der Waals surface area contributed by atoms with E-state index in [0.717, 1.165) is 35.2 Å². The van der Waals surface area contributed by atoms with Crippen LogP contribution >= 0.6 is 15.9 Å². The number of anilines is 3. The van der Waals surface area contributed by atoms with E-state index in [1.54, 1.807) is 6.20 Å². The highest BCUT2D eigenvalue weighted by Gasteiger charge is 2.03. The van der Waals surface area contributed by atoms with Crippen molar-refractivity contribution in [1.29, 1.82) is 0 Å². The van der Waals surface area contributed by atoms with Gasteiger partial charge in [-0.3, -0.25) is 0 Å². The first-order valence-electron chi connectivity index (χ1n) is 7.16. The molecule has 1 aromatic heterocycles. The van der Waals surface area contributed by atoms with Crippen LogP contribution in [0.15, 0.2) is 28.9 Å². The summed E-state index contributed by atoms with van der Waals surface area (Å²) in [4.78, 5) is 6.57. The molecule has 0 spiro atoms. The van der Waals surface area contributed by atoms with Crippen molar-refractivity contribution in [3.63, 3.8) is 0 Å². The SMILES string of the molecule is Cc1cc(Br)ccc1Nc1cnnc(NCCCN(C)C)n1. The normalized spacial score (nSPS) is 10.8. The molecule has 2 rings (SSSR count). The molecule has 7 heteroatoms. The minimum atomic E-state index is 0.540. The van der Waals surface area contributed by atoms with E-state index in [-0.39, 0.29) is 0 Å². The van der Waals surface area contributed by atoms with Crippen LogP contribution in [0.3, 0.4) is 0 Å². The van der Waals surface area contributed by atoms with Gasteiger partial charge in [-0.2, -0.15) is 10.1 Å². The molecule has 0 aliphatic rings. The summed E-state index contributed by atoms with van der Waals surface area (Å²) in [5.74, 6) is 1.22. The topological polar surface area (TPSA) is 66.0 Å². The van der Waals surface area contributed by atoms with E-state index in [1.807, 2.05) is 19.1 Å². The third-order valence-electron chi connectivity index (χ3n) is 3.08. The smallest absolute Gasteiger partial charge is 0.244 e. The Morgan fingerprint density at radius 1 is 1.27 bits per heavy atom. The van der Waals surface area contributed by atoms with Gasteiger partial charge in [0.2, 0.25) is 5.95 Å². The third-order valence-corrected chi connectivity index (χ3v) is 3.57. The van der Waals surface area contributed by atoms with Gasteiger partial charge in [0.05, 0.1) is 6.20 Å². The Labute approximate surface area is 139 Å². The molecule has 0 saturated heterocycles. The Hall–Kier alpha value is -1.73. The highest BCUT2D eigenvalue weighted by atomic mass is 79.9. The number of nitrogens with zero attached hydrogens (tertiary/aromatic N) is 4. The van der Waals surface area contributed by atoms with Crippen LogP contribution in [0.4, 0.5) is 17.5 Å². The van der Waals surface area contributed by atoms with E-state index in [9.17, 15) is 0 Å². The molecular weight excluding hydrogens is 344 g/mol. The van der Waals surface area contributed by atoms with Crippen molar-refractivity contribution in [3.05, 3.63) is 34.4 Å². The third kappa shape index (κ3) is 5.23. The molecule has 1 heterocycles.